The van der Waals surface area contributed by atoms with E-state index in [1.807, 2.05) is 13.8 Å². The third-order valence-electron chi connectivity index (χ3n) is 2.30. The number of ketones is 1. The van der Waals surface area contributed by atoms with Crippen molar-refractivity contribution < 1.29 is 4.79 Å². The van der Waals surface area contributed by atoms with E-state index in [0.29, 0.717) is 10.6 Å². The molecule has 1 N–H and O–H groups in total. The van der Waals surface area contributed by atoms with E-state index >= 15 is 0 Å². The molecule has 0 amide bonds. The number of benzene rings is 1. The van der Waals surface area contributed by atoms with Gasteiger partial charge in [0.1, 0.15) is 0 Å². The van der Waals surface area contributed by atoms with Crippen LogP contribution >= 0.6 is 11.6 Å². The van der Waals surface area contributed by atoms with E-state index < -0.39 is 5.54 Å². The number of likely N-dealkylation sites (N-methyl/N-ethyl adjacent to an activating group) is 1. The number of carbonyl (C=O) groups is 1. The largest absolute Gasteiger partial charge is 0.308 e. The molecule has 3 heteroatoms. The van der Waals surface area contributed by atoms with Crippen LogP contribution in [0.25, 0.3) is 0 Å². The zero-order chi connectivity index (χ0) is 10.8. The number of Topliss-reactive ketones (excluding diaryl/α,β-unsaturated/α-hetero) is 1. The Labute approximate surface area is 89.3 Å². The first-order valence-corrected chi connectivity index (χ1v) is 4.84. The first-order valence-electron chi connectivity index (χ1n) is 4.46. The minimum Gasteiger partial charge on any atom is -0.308 e. The van der Waals surface area contributed by atoms with Crippen molar-refractivity contribution in [1.82, 2.24) is 5.32 Å². The van der Waals surface area contributed by atoms with Crippen LogP contribution in [-0.4, -0.2) is 18.4 Å². The van der Waals surface area contributed by atoms with Crippen LogP contribution in [0.15, 0.2) is 24.3 Å². The molecule has 76 valence electrons. The maximum atomic E-state index is 11.9. The number of halogens is 1. The summed E-state index contributed by atoms with van der Waals surface area (Å²) in [5.41, 5.74) is 0.141. The predicted octanol–water partition coefficient (Wildman–Crippen LogP) is 2.52. The van der Waals surface area contributed by atoms with Crippen molar-refractivity contribution in [3.63, 3.8) is 0 Å². The Balaban J connectivity index is 2.96. The lowest BCUT2D eigenvalue weighted by molar-refractivity contribution is 0.0889. The molecule has 0 saturated heterocycles. The SMILES string of the molecule is CNC(C)(C)C(=O)c1ccc(Cl)cc1. The second-order valence-corrected chi connectivity index (χ2v) is 4.15. The highest BCUT2D eigenvalue weighted by molar-refractivity contribution is 6.30. The van der Waals surface area contributed by atoms with Gasteiger partial charge in [0.15, 0.2) is 5.78 Å². The Bertz CT molecular complexity index is 330. The minimum absolute atomic E-state index is 0.0664. The Morgan fingerprint density at radius 1 is 1.29 bits per heavy atom. The van der Waals surface area contributed by atoms with Gasteiger partial charge in [0, 0.05) is 10.6 Å². The Hall–Kier alpha value is -0.860. The van der Waals surface area contributed by atoms with Gasteiger partial charge in [-0.3, -0.25) is 4.79 Å². The average molecular weight is 212 g/mol. The summed E-state index contributed by atoms with van der Waals surface area (Å²) in [4.78, 5) is 11.9. The van der Waals surface area contributed by atoms with Gasteiger partial charge in [-0.1, -0.05) is 11.6 Å². The topological polar surface area (TPSA) is 29.1 Å². The van der Waals surface area contributed by atoms with E-state index in [0.717, 1.165) is 0 Å². The van der Waals surface area contributed by atoms with E-state index in [2.05, 4.69) is 5.32 Å². The zero-order valence-electron chi connectivity index (χ0n) is 8.60. The number of nitrogens with one attached hydrogen (secondary N) is 1. The smallest absolute Gasteiger partial charge is 0.182 e. The van der Waals surface area contributed by atoms with Gasteiger partial charge in [-0.05, 0) is 45.2 Å². The van der Waals surface area contributed by atoms with Crippen LogP contribution < -0.4 is 5.32 Å². The fourth-order valence-electron chi connectivity index (χ4n) is 1.08. The lowest BCUT2D eigenvalue weighted by atomic mass is 9.93. The van der Waals surface area contributed by atoms with Crippen molar-refractivity contribution >= 4 is 17.4 Å². The Morgan fingerprint density at radius 2 is 1.79 bits per heavy atom. The van der Waals surface area contributed by atoms with Crippen molar-refractivity contribution in [2.45, 2.75) is 19.4 Å². The third kappa shape index (κ3) is 2.34. The van der Waals surface area contributed by atoms with E-state index in [4.69, 9.17) is 11.6 Å². The van der Waals surface area contributed by atoms with E-state index in [-0.39, 0.29) is 5.78 Å². The second-order valence-electron chi connectivity index (χ2n) is 3.71. The first-order chi connectivity index (χ1) is 6.47. The molecule has 0 aliphatic heterocycles. The highest BCUT2D eigenvalue weighted by Crippen LogP contribution is 2.15. The molecule has 0 heterocycles. The van der Waals surface area contributed by atoms with Gasteiger partial charge in [-0.2, -0.15) is 0 Å². The van der Waals surface area contributed by atoms with Gasteiger partial charge >= 0.3 is 0 Å². The molecule has 0 aromatic heterocycles. The molecule has 0 aliphatic rings. The van der Waals surface area contributed by atoms with Crippen molar-refractivity contribution in [3.8, 4) is 0 Å². The molecule has 0 spiro atoms. The summed E-state index contributed by atoms with van der Waals surface area (Å²) in [5.74, 6) is 0.0664. The molecule has 1 aromatic carbocycles. The number of hydrogen-bond donors (Lipinski definition) is 1. The first kappa shape index (κ1) is 11.2. The maximum absolute atomic E-state index is 11.9. The van der Waals surface area contributed by atoms with Gasteiger partial charge in [0.25, 0.3) is 0 Å². The molecule has 0 saturated carbocycles. The van der Waals surface area contributed by atoms with Crippen LogP contribution in [0.5, 0.6) is 0 Å². The van der Waals surface area contributed by atoms with Crippen molar-refractivity contribution in [2.24, 2.45) is 0 Å². The van der Waals surface area contributed by atoms with Crippen molar-refractivity contribution in [3.05, 3.63) is 34.9 Å². The Morgan fingerprint density at radius 3 is 2.21 bits per heavy atom. The summed E-state index contributed by atoms with van der Waals surface area (Å²) in [6.07, 6.45) is 0. The van der Waals surface area contributed by atoms with Gasteiger partial charge in [-0.25, -0.2) is 0 Å². The molecular formula is C11H14ClNO. The van der Waals surface area contributed by atoms with Crippen LogP contribution in [0.2, 0.25) is 5.02 Å². The van der Waals surface area contributed by atoms with Gasteiger partial charge in [-0.15, -0.1) is 0 Å². The molecule has 1 rings (SSSR count). The molecule has 1 aromatic rings. The van der Waals surface area contributed by atoms with Crippen LogP contribution in [0, 0.1) is 0 Å². The van der Waals surface area contributed by atoms with Gasteiger partial charge in [0.05, 0.1) is 5.54 Å². The number of carbonyl (C=O) groups excluding carboxylic acids is 1. The maximum Gasteiger partial charge on any atom is 0.182 e. The van der Waals surface area contributed by atoms with E-state index in [1.54, 1.807) is 31.3 Å². The van der Waals surface area contributed by atoms with Crippen molar-refractivity contribution in [2.75, 3.05) is 7.05 Å². The molecule has 0 fully saturated rings. The predicted molar refractivity (Wildman–Crippen MR) is 58.9 cm³/mol. The van der Waals surface area contributed by atoms with Crippen LogP contribution in [0.4, 0.5) is 0 Å². The summed E-state index contributed by atoms with van der Waals surface area (Å²) >= 11 is 5.74. The molecule has 14 heavy (non-hydrogen) atoms. The Kier molecular flexibility index (Phi) is 3.29. The highest BCUT2D eigenvalue weighted by atomic mass is 35.5. The summed E-state index contributed by atoms with van der Waals surface area (Å²) < 4.78 is 0. The van der Waals surface area contributed by atoms with Crippen LogP contribution in [-0.2, 0) is 0 Å². The van der Waals surface area contributed by atoms with E-state index in [9.17, 15) is 4.79 Å². The minimum atomic E-state index is -0.534. The lowest BCUT2D eigenvalue weighted by Crippen LogP contribution is -2.44. The van der Waals surface area contributed by atoms with E-state index in [1.165, 1.54) is 0 Å². The molecule has 0 radical (unpaired) electrons. The third-order valence-corrected chi connectivity index (χ3v) is 2.55. The monoisotopic (exact) mass is 211 g/mol. The number of rotatable bonds is 3. The second kappa shape index (κ2) is 4.11. The van der Waals surface area contributed by atoms with Crippen molar-refractivity contribution in [1.29, 1.82) is 0 Å². The molecule has 2 nitrogen and oxygen atoms in total. The molecule has 0 atom stereocenters. The summed E-state index contributed by atoms with van der Waals surface area (Å²) in [5, 5.41) is 3.61. The highest BCUT2D eigenvalue weighted by Gasteiger charge is 2.25. The summed E-state index contributed by atoms with van der Waals surface area (Å²) in [7, 11) is 1.77. The normalized spacial score (nSPS) is 11.4. The standard InChI is InChI=1S/C11H14ClNO/c1-11(2,13-3)10(14)8-4-6-9(12)7-5-8/h4-7,13H,1-3H3. The quantitative estimate of drug-likeness (QED) is 0.779. The van der Waals surface area contributed by atoms with Crippen LogP contribution in [0.3, 0.4) is 0 Å². The van der Waals surface area contributed by atoms with Gasteiger partial charge in [0.2, 0.25) is 0 Å². The average Bonchev–Trinajstić information content (AvgIpc) is 2.18. The summed E-state index contributed by atoms with van der Waals surface area (Å²) in [6.45, 7) is 3.70. The molecule has 0 unspecified atom stereocenters. The molecular weight excluding hydrogens is 198 g/mol. The zero-order valence-corrected chi connectivity index (χ0v) is 9.35. The molecule has 0 aliphatic carbocycles. The summed E-state index contributed by atoms with van der Waals surface area (Å²) in [6, 6.07) is 6.93. The fourth-order valence-corrected chi connectivity index (χ4v) is 1.20. The van der Waals surface area contributed by atoms with Gasteiger partial charge < -0.3 is 5.32 Å². The van der Waals surface area contributed by atoms with Crippen LogP contribution in [0.1, 0.15) is 24.2 Å². The lowest BCUT2D eigenvalue weighted by Gasteiger charge is -2.22. The number of hydrogen-bond acceptors (Lipinski definition) is 2. The molecule has 0 bridgehead atoms. The fraction of sp³-hybridized carbons (Fsp3) is 0.364.